The Labute approximate surface area is 84.3 Å². The van der Waals surface area contributed by atoms with Gasteiger partial charge in [-0.3, -0.25) is 9.69 Å². The number of piperidine rings is 1. The first kappa shape index (κ1) is 9.93. The molecule has 2 fully saturated rings. The lowest BCUT2D eigenvalue weighted by Crippen LogP contribution is -2.48. The highest BCUT2D eigenvalue weighted by Crippen LogP contribution is 2.27. The first-order valence-electron chi connectivity index (χ1n) is 5.38. The molecule has 0 aromatic rings. The number of carbonyl (C=O) groups excluding carboxylic acids is 1. The van der Waals surface area contributed by atoms with Gasteiger partial charge in [0.05, 0.1) is 12.0 Å². The minimum atomic E-state index is -0.301. The molecule has 0 aromatic heterocycles. The topological polar surface area (TPSA) is 52.6 Å². The summed E-state index contributed by atoms with van der Waals surface area (Å²) >= 11 is 0. The molecule has 2 N–H and O–H groups in total. The van der Waals surface area contributed by atoms with Crippen LogP contribution in [-0.2, 0) is 4.79 Å². The number of rotatable bonds is 2. The van der Waals surface area contributed by atoms with E-state index in [-0.39, 0.29) is 17.9 Å². The molecule has 4 heteroatoms. The number of aliphatic hydroxyl groups is 1. The zero-order chi connectivity index (χ0) is 10.1. The molecule has 0 radical (unpaired) electrons. The third kappa shape index (κ3) is 1.77. The second-order valence-electron chi connectivity index (χ2n) is 4.41. The molecular formula is C10H18N2O2. The van der Waals surface area contributed by atoms with E-state index in [9.17, 15) is 9.90 Å². The van der Waals surface area contributed by atoms with Crippen LogP contribution in [0.3, 0.4) is 0 Å². The summed E-state index contributed by atoms with van der Waals surface area (Å²) < 4.78 is 0. The lowest BCUT2D eigenvalue weighted by molar-refractivity contribution is -0.124. The number of β-amino-alcohol motifs (C(OH)–C–C–N with tert-alkyl or cyclic N) is 1. The van der Waals surface area contributed by atoms with Gasteiger partial charge in [-0.2, -0.15) is 0 Å². The Morgan fingerprint density at radius 2 is 2.50 bits per heavy atom. The van der Waals surface area contributed by atoms with Crippen LogP contribution in [0, 0.1) is 5.92 Å². The van der Waals surface area contributed by atoms with Crippen molar-refractivity contribution in [2.24, 2.45) is 5.92 Å². The van der Waals surface area contributed by atoms with Crippen LogP contribution in [0.1, 0.15) is 19.8 Å². The van der Waals surface area contributed by atoms with Crippen LogP contribution in [0.5, 0.6) is 0 Å². The van der Waals surface area contributed by atoms with Crippen molar-refractivity contribution in [1.82, 2.24) is 10.2 Å². The molecule has 0 saturated carbocycles. The van der Waals surface area contributed by atoms with Gasteiger partial charge in [-0.25, -0.2) is 0 Å². The molecule has 2 heterocycles. The molecule has 80 valence electrons. The van der Waals surface area contributed by atoms with Crippen molar-refractivity contribution in [2.75, 3.05) is 19.6 Å². The summed E-state index contributed by atoms with van der Waals surface area (Å²) in [6.45, 7) is 4.27. The van der Waals surface area contributed by atoms with E-state index in [4.69, 9.17) is 0 Å². The van der Waals surface area contributed by atoms with Gasteiger partial charge in [-0.1, -0.05) is 0 Å². The van der Waals surface area contributed by atoms with Crippen LogP contribution >= 0.6 is 0 Å². The summed E-state index contributed by atoms with van der Waals surface area (Å²) in [6.07, 6.45) is 1.78. The van der Waals surface area contributed by atoms with E-state index in [0.29, 0.717) is 12.6 Å². The quantitative estimate of drug-likeness (QED) is 0.633. The van der Waals surface area contributed by atoms with E-state index in [1.165, 1.54) is 0 Å². The van der Waals surface area contributed by atoms with Gasteiger partial charge in [0.2, 0.25) is 5.91 Å². The molecule has 0 aliphatic carbocycles. The Kier molecular flexibility index (Phi) is 2.74. The molecule has 2 unspecified atom stereocenters. The fraction of sp³-hybridized carbons (Fsp3) is 0.900. The lowest BCUT2D eigenvalue weighted by Gasteiger charge is -2.36. The Hall–Kier alpha value is -0.610. The van der Waals surface area contributed by atoms with Gasteiger partial charge < -0.3 is 10.4 Å². The molecule has 2 aliphatic heterocycles. The second kappa shape index (κ2) is 3.87. The number of nitrogens with one attached hydrogen (secondary N) is 1. The normalized spacial score (nSPS) is 35.1. The zero-order valence-electron chi connectivity index (χ0n) is 8.57. The van der Waals surface area contributed by atoms with Crippen LogP contribution in [0.4, 0.5) is 0 Å². The average molecular weight is 198 g/mol. The van der Waals surface area contributed by atoms with Crippen molar-refractivity contribution in [1.29, 1.82) is 0 Å². The van der Waals surface area contributed by atoms with Gasteiger partial charge in [0, 0.05) is 19.1 Å². The predicted molar refractivity (Wildman–Crippen MR) is 52.8 cm³/mol. The number of carbonyl (C=O) groups is 1. The second-order valence-corrected chi connectivity index (χ2v) is 4.41. The van der Waals surface area contributed by atoms with E-state index in [0.717, 1.165) is 25.9 Å². The molecule has 0 spiro atoms. The van der Waals surface area contributed by atoms with Gasteiger partial charge in [-0.15, -0.1) is 0 Å². The number of nitrogens with zero attached hydrogens (tertiary/aromatic N) is 1. The summed E-state index contributed by atoms with van der Waals surface area (Å²) in [5.74, 6) is 0.368. The van der Waals surface area contributed by atoms with E-state index in [1.807, 2.05) is 0 Å². The van der Waals surface area contributed by atoms with Crippen LogP contribution in [0.25, 0.3) is 0 Å². The third-order valence-electron chi connectivity index (χ3n) is 3.21. The molecule has 14 heavy (non-hydrogen) atoms. The average Bonchev–Trinajstić information content (AvgIpc) is 2.49. The molecule has 2 rings (SSSR count). The molecule has 0 bridgehead atoms. The number of aliphatic hydroxyl groups excluding tert-OH is 1. The molecular weight excluding hydrogens is 180 g/mol. The number of likely N-dealkylation sites (tertiary alicyclic amines) is 1. The first-order chi connectivity index (χ1) is 6.68. The molecule has 2 saturated heterocycles. The molecule has 0 aromatic carbocycles. The van der Waals surface area contributed by atoms with E-state index in [1.54, 1.807) is 6.92 Å². The zero-order valence-corrected chi connectivity index (χ0v) is 8.57. The van der Waals surface area contributed by atoms with E-state index < -0.39 is 0 Å². The standard InChI is InChI=1S/C10H18N2O2/c1-7(13)6-12-4-2-3-8-9(12)5-11-10(8)14/h7-9,13H,2-6H2,1H3,(H,11,14)/t7-,8?,9?/m0/s1. The van der Waals surface area contributed by atoms with Crippen molar-refractivity contribution < 1.29 is 9.90 Å². The molecule has 3 atom stereocenters. The van der Waals surface area contributed by atoms with Crippen molar-refractivity contribution in [2.45, 2.75) is 31.9 Å². The largest absolute Gasteiger partial charge is 0.392 e. The third-order valence-corrected chi connectivity index (χ3v) is 3.21. The van der Waals surface area contributed by atoms with E-state index in [2.05, 4.69) is 10.2 Å². The van der Waals surface area contributed by atoms with Gasteiger partial charge >= 0.3 is 0 Å². The molecule has 4 nitrogen and oxygen atoms in total. The highest BCUT2D eigenvalue weighted by Gasteiger charge is 2.40. The van der Waals surface area contributed by atoms with Crippen molar-refractivity contribution in [3.05, 3.63) is 0 Å². The van der Waals surface area contributed by atoms with Gasteiger partial charge in [-0.05, 0) is 26.3 Å². The van der Waals surface area contributed by atoms with Crippen LogP contribution < -0.4 is 5.32 Å². The number of amides is 1. The Bertz CT molecular complexity index is 230. The minimum Gasteiger partial charge on any atom is -0.392 e. The van der Waals surface area contributed by atoms with Crippen LogP contribution in [-0.4, -0.2) is 47.7 Å². The van der Waals surface area contributed by atoms with Crippen molar-refractivity contribution >= 4 is 5.91 Å². The van der Waals surface area contributed by atoms with Gasteiger partial charge in [0.15, 0.2) is 0 Å². The van der Waals surface area contributed by atoms with Gasteiger partial charge in [0.25, 0.3) is 0 Å². The highest BCUT2D eigenvalue weighted by molar-refractivity contribution is 5.82. The van der Waals surface area contributed by atoms with Gasteiger partial charge in [0.1, 0.15) is 0 Å². The van der Waals surface area contributed by atoms with Crippen molar-refractivity contribution in [3.8, 4) is 0 Å². The van der Waals surface area contributed by atoms with Crippen molar-refractivity contribution in [3.63, 3.8) is 0 Å². The molecule has 1 amide bonds. The Morgan fingerprint density at radius 3 is 3.21 bits per heavy atom. The molecule has 2 aliphatic rings. The summed E-state index contributed by atoms with van der Waals surface area (Å²) in [4.78, 5) is 13.7. The first-order valence-corrected chi connectivity index (χ1v) is 5.38. The maximum absolute atomic E-state index is 11.4. The number of hydrogen-bond donors (Lipinski definition) is 2. The Balaban J connectivity index is 2.01. The monoisotopic (exact) mass is 198 g/mol. The maximum Gasteiger partial charge on any atom is 0.224 e. The number of hydrogen-bond acceptors (Lipinski definition) is 3. The lowest BCUT2D eigenvalue weighted by atomic mass is 9.91. The van der Waals surface area contributed by atoms with Crippen LogP contribution in [0.2, 0.25) is 0 Å². The summed E-state index contributed by atoms with van der Waals surface area (Å²) in [5, 5.41) is 12.2. The fourth-order valence-corrected chi connectivity index (χ4v) is 2.61. The smallest absolute Gasteiger partial charge is 0.224 e. The minimum absolute atomic E-state index is 0.169. The van der Waals surface area contributed by atoms with Crippen LogP contribution in [0.15, 0.2) is 0 Å². The fourth-order valence-electron chi connectivity index (χ4n) is 2.61. The summed E-state index contributed by atoms with van der Waals surface area (Å²) in [6, 6.07) is 0.325. The summed E-state index contributed by atoms with van der Waals surface area (Å²) in [7, 11) is 0. The maximum atomic E-state index is 11.4. The number of fused-ring (bicyclic) bond motifs is 1. The predicted octanol–water partition coefficient (Wildman–Crippen LogP) is -0.422. The SMILES string of the molecule is C[C@H](O)CN1CCCC2C(=O)NCC21. The summed E-state index contributed by atoms with van der Waals surface area (Å²) in [5.41, 5.74) is 0. The highest BCUT2D eigenvalue weighted by atomic mass is 16.3. The van der Waals surface area contributed by atoms with E-state index >= 15 is 0 Å². The Morgan fingerprint density at radius 1 is 1.71 bits per heavy atom.